The van der Waals surface area contributed by atoms with E-state index in [0.29, 0.717) is 17.0 Å². The van der Waals surface area contributed by atoms with Gasteiger partial charge in [-0.25, -0.2) is 4.98 Å². The molecule has 0 aliphatic carbocycles. The molecule has 0 fully saturated rings. The molecule has 5 aromatic heterocycles. The number of aromatic nitrogens is 6. The summed E-state index contributed by atoms with van der Waals surface area (Å²) in [6.45, 7) is 5.36. The van der Waals surface area contributed by atoms with E-state index in [1.54, 1.807) is 24.8 Å². The van der Waals surface area contributed by atoms with Gasteiger partial charge in [0.2, 0.25) is 0 Å². The fraction of sp³-hybridized carbons (Fsp3) is 0.143. The molecule has 0 aliphatic rings. The predicted octanol–water partition coefficient (Wildman–Crippen LogP) is 4.15. The normalized spacial score (nSPS) is 11.9. The molecule has 0 saturated carbocycles. The van der Waals surface area contributed by atoms with Crippen LogP contribution in [0, 0.1) is 20.8 Å². The van der Waals surface area contributed by atoms with Gasteiger partial charge in [0, 0.05) is 46.7 Å². The second kappa shape index (κ2) is 8.83. The van der Waals surface area contributed by atoms with Crippen molar-refractivity contribution in [2.24, 2.45) is 0 Å². The number of hydrogen-bond acceptors (Lipinski definition) is 4. The molecular formula is C28H22BF3N6. The van der Waals surface area contributed by atoms with Crippen molar-refractivity contribution in [3.8, 4) is 5.82 Å². The Bertz CT molecular complexity index is 1740. The number of halogens is 3. The number of nitrogens with one attached hydrogen (secondary N) is 1. The van der Waals surface area contributed by atoms with Crippen LogP contribution >= 0.6 is 0 Å². The van der Waals surface area contributed by atoms with Gasteiger partial charge in [-0.15, -0.1) is 0 Å². The van der Waals surface area contributed by atoms with Crippen LogP contribution in [0.5, 0.6) is 0 Å². The lowest BCUT2D eigenvalue weighted by molar-refractivity contribution is -0.141. The van der Waals surface area contributed by atoms with Gasteiger partial charge < -0.3 is 0 Å². The Kier molecular flexibility index (Phi) is 5.55. The zero-order valence-corrected chi connectivity index (χ0v) is 20.9. The Morgan fingerprint density at radius 3 is 2.05 bits per heavy atom. The molecule has 0 radical (unpaired) electrons. The number of aryl methyl sites for hydroxylation is 3. The van der Waals surface area contributed by atoms with E-state index in [4.69, 9.17) is 4.98 Å². The van der Waals surface area contributed by atoms with Crippen LogP contribution in [-0.4, -0.2) is 36.4 Å². The maximum Gasteiger partial charge on any atom is 0.435 e. The summed E-state index contributed by atoms with van der Waals surface area (Å²) in [7, 11) is 0. The summed E-state index contributed by atoms with van der Waals surface area (Å²) >= 11 is 0. The van der Waals surface area contributed by atoms with Gasteiger partial charge in [-0.1, -0.05) is 40.4 Å². The van der Waals surface area contributed by atoms with Gasteiger partial charge in [0.05, 0.1) is 11.0 Å². The van der Waals surface area contributed by atoms with E-state index in [2.05, 4.69) is 20.2 Å². The van der Waals surface area contributed by atoms with Crippen molar-refractivity contribution in [3.05, 3.63) is 95.7 Å². The van der Waals surface area contributed by atoms with E-state index in [1.807, 2.05) is 67.8 Å². The highest BCUT2D eigenvalue weighted by Gasteiger charge is 2.37. The number of aromatic amines is 1. The van der Waals surface area contributed by atoms with Crippen molar-refractivity contribution < 1.29 is 13.2 Å². The highest BCUT2D eigenvalue weighted by atomic mass is 19.4. The molecule has 0 unspecified atom stereocenters. The van der Waals surface area contributed by atoms with Gasteiger partial charge in [0.15, 0.2) is 5.69 Å². The fourth-order valence-electron chi connectivity index (χ4n) is 5.42. The molecule has 0 bridgehead atoms. The summed E-state index contributed by atoms with van der Waals surface area (Å²) in [4.78, 5) is 13.6. The van der Waals surface area contributed by atoms with Gasteiger partial charge in [-0.2, -0.15) is 18.3 Å². The molecule has 6 nitrogen and oxygen atoms in total. The van der Waals surface area contributed by atoms with Crippen molar-refractivity contribution in [2.45, 2.75) is 26.9 Å². The van der Waals surface area contributed by atoms with E-state index < -0.39 is 18.6 Å². The van der Waals surface area contributed by atoms with Gasteiger partial charge in [0.25, 0.3) is 6.71 Å². The first-order chi connectivity index (χ1) is 18.2. The highest BCUT2D eigenvalue weighted by Crippen LogP contribution is 2.30. The van der Waals surface area contributed by atoms with Crippen molar-refractivity contribution in [3.63, 3.8) is 0 Å². The molecule has 1 aromatic carbocycles. The Balaban J connectivity index is 1.60. The first-order valence-electron chi connectivity index (χ1n) is 12.1. The molecule has 0 saturated heterocycles. The molecule has 0 spiro atoms. The first kappa shape index (κ1) is 23.9. The minimum atomic E-state index is -4.56. The van der Waals surface area contributed by atoms with Gasteiger partial charge in [-0.05, 0) is 51.1 Å². The molecule has 10 heteroatoms. The zero-order chi connectivity index (χ0) is 26.6. The average Bonchev–Trinajstić information content (AvgIpc) is 3.50. The van der Waals surface area contributed by atoms with Crippen molar-refractivity contribution in [2.75, 3.05) is 0 Å². The van der Waals surface area contributed by atoms with E-state index in [-0.39, 0.29) is 0 Å². The summed E-state index contributed by atoms with van der Waals surface area (Å²) in [5.41, 5.74) is 5.71. The molecule has 1 N–H and O–H groups in total. The average molecular weight is 510 g/mol. The second-order valence-corrected chi connectivity index (χ2v) is 9.49. The third-order valence-corrected chi connectivity index (χ3v) is 6.87. The molecule has 0 aliphatic heterocycles. The largest absolute Gasteiger partial charge is 0.435 e. The van der Waals surface area contributed by atoms with Crippen LogP contribution in [0.15, 0.2) is 73.3 Å². The molecule has 188 valence electrons. The summed E-state index contributed by atoms with van der Waals surface area (Å²) in [5.74, 6) is 0.642. The molecular weight excluding hydrogens is 488 g/mol. The standard InChI is InChI=1S/C28H22BF3N6/c1-16-11-17(2)27(18(3)12-16)29(25-13-23(36-37-25)28(30,31)32)24-5-4-6-26(35-24)38-21-7-9-33-14-19(21)20-15-34-10-8-22(20)38/h4-15H,1-3H3,(H,36,37). The lowest BCUT2D eigenvalue weighted by Crippen LogP contribution is -2.56. The van der Waals surface area contributed by atoms with Gasteiger partial charge in [0.1, 0.15) is 5.82 Å². The Labute approximate surface area is 216 Å². The lowest BCUT2D eigenvalue weighted by atomic mass is 9.38. The third-order valence-electron chi connectivity index (χ3n) is 6.87. The van der Waals surface area contributed by atoms with E-state index in [1.165, 1.54) is 0 Å². The number of fused-ring (bicyclic) bond motifs is 3. The van der Waals surface area contributed by atoms with Crippen molar-refractivity contribution in [1.29, 1.82) is 0 Å². The Morgan fingerprint density at radius 1 is 0.842 bits per heavy atom. The summed E-state index contributed by atoms with van der Waals surface area (Å²) in [6.07, 6.45) is 2.48. The van der Waals surface area contributed by atoms with Crippen LogP contribution in [0.4, 0.5) is 13.2 Å². The Hall–Kier alpha value is -4.47. The smallest absolute Gasteiger partial charge is 0.294 e. The molecule has 5 heterocycles. The number of nitrogens with zero attached hydrogens (tertiary/aromatic N) is 5. The van der Waals surface area contributed by atoms with Crippen LogP contribution in [0.1, 0.15) is 22.4 Å². The minimum absolute atomic E-state index is 0.327. The van der Waals surface area contributed by atoms with Crippen LogP contribution in [0.2, 0.25) is 0 Å². The van der Waals surface area contributed by atoms with Crippen LogP contribution in [0.25, 0.3) is 27.6 Å². The molecule has 0 atom stereocenters. The number of alkyl halides is 3. The molecule has 6 aromatic rings. The van der Waals surface area contributed by atoms with E-state index in [9.17, 15) is 13.2 Å². The topological polar surface area (TPSA) is 72.3 Å². The second-order valence-electron chi connectivity index (χ2n) is 9.49. The number of hydrogen-bond donors (Lipinski definition) is 1. The van der Waals surface area contributed by atoms with Gasteiger partial charge >= 0.3 is 6.18 Å². The maximum atomic E-state index is 13.5. The van der Waals surface area contributed by atoms with Crippen LogP contribution in [0.3, 0.4) is 0 Å². The van der Waals surface area contributed by atoms with Crippen LogP contribution in [-0.2, 0) is 6.18 Å². The number of rotatable bonds is 4. The summed E-state index contributed by atoms with van der Waals surface area (Å²) in [6, 6.07) is 14.6. The lowest BCUT2D eigenvalue weighted by Gasteiger charge is -2.19. The fourth-order valence-corrected chi connectivity index (χ4v) is 5.42. The zero-order valence-electron chi connectivity index (χ0n) is 20.9. The molecule has 38 heavy (non-hydrogen) atoms. The van der Waals surface area contributed by atoms with Crippen molar-refractivity contribution in [1.82, 2.24) is 29.7 Å². The number of benzene rings is 1. The van der Waals surface area contributed by atoms with E-state index in [0.717, 1.165) is 50.0 Å². The number of H-pyrrole nitrogens is 1. The van der Waals surface area contributed by atoms with Gasteiger partial charge in [-0.3, -0.25) is 19.6 Å². The molecule has 0 amide bonds. The maximum absolute atomic E-state index is 13.5. The first-order valence-corrected chi connectivity index (χ1v) is 12.1. The van der Waals surface area contributed by atoms with Crippen LogP contribution < -0.4 is 16.6 Å². The highest BCUT2D eigenvalue weighted by molar-refractivity contribution is 6.95. The SMILES string of the molecule is Cc1cc(C)c(B(c2cccc(-n3c4ccncc4c4cnccc43)n2)c2cc(C(F)(F)F)n[nH]2)c(C)c1. The summed E-state index contributed by atoms with van der Waals surface area (Å²) in [5, 5.41) is 8.13. The molecule has 6 rings (SSSR count). The monoisotopic (exact) mass is 510 g/mol. The van der Waals surface area contributed by atoms with Crippen molar-refractivity contribution >= 4 is 45.2 Å². The quantitative estimate of drug-likeness (QED) is 0.362. The minimum Gasteiger partial charge on any atom is -0.294 e. The summed E-state index contributed by atoms with van der Waals surface area (Å²) < 4.78 is 42.6. The predicted molar refractivity (Wildman–Crippen MR) is 143 cm³/mol. The number of pyridine rings is 3. The third kappa shape index (κ3) is 3.93. The Morgan fingerprint density at radius 2 is 1.47 bits per heavy atom. The van der Waals surface area contributed by atoms with E-state index >= 15 is 0 Å².